The summed E-state index contributed by atoms with van der Waals surface area (Å²) in [7, 11) is 0. The summed E-state index contributed by atoms with van der Waals surface area (Å²) in [5.74, 6) is 0.356. The fourth-order valence-electron chi connectivity index (χ4n) is 2.54. The van der Waals surface area contributed by atoms with Gasteiger partial charge in [-0.25, -0.2) is 0 Å². The maximum absolute atomic E-state index is 9.43. The first-order chi connectivity index (χ1) is 8.31. The van der Waals surface area contributed by atoms with Crippen molar-refractivity contribution in [3.63, 3.8) is 0 Å². The first-order valence-corrected chi connectivity index (χ1v) is 7.08. The van der Waals surface area contributed by atoms with E-state index in [1.54, 1.807) is 17.4 Å². The van der Waals surface area contributed by atoms with E-state index in [1.807, 2.05) is 12.1 Å². The molecular weight excluding hydrogens is 230 g/mol. The van der Waals surface area contributed by atoms with Gasteiger partial charge < -0.3 is 10.4 Å². The highest BCUT2D eigenvalue weighted by Crippen LogP contribution is 2.29. The van der Waals surface area contributed by atoms with E-state index in [0.717, 1.165) is 6.54 Å². The molecule has 1 aromatic heterocycles. The second-order valence-electron chi connectivity index (χ2n) is 4.80. The minimum atomic E-state index is 0.356. The third-order valence-electron chi connectivity index (χ3n) is 3.47. The Hall–Kier alpha value is -1.06. The van der Waals surface area contributed by atoms with Gasteiger partial charge in [-0.05, 0) is 42.5 Å². The van der Waals surface area contributed by atoms with Gasteiger partial charge in [0.25, 0.3) is 0 Å². The lowest BCUT2D eigenvalue weighted by Gasteiger charge is -2.09. The number of nitrogens with one attached hydrogen (secondary N) is 1. The van der Waals surface area contributed by atoms with Gasteiger partial charge >= 0.3 is 0 Å². The third-order valence-corrected chi connectivity index (χ3v) is 4.57. The summed E-state index contributed by atoms with van der Waals surface area (Å²) in [6.07, 6.45) is 5.40. The van der Waals surface area contributed by atoms with E-state index in [-0.39, 0.29) is 0 Å². The molecule has 2 aromatic rings. The van der Waals surface area contributed by atoms with Gasteiger partial charge in [-0.3, -0.25) is 0 Å². The molecule has 0 spiro atoms. The maximum atomic E-state index is 9.43. The number of phenolic OH excluding ortho intramolecular Hbond substituents is 1. The number of benzene rings is 1. The van der Waals surface area contributed by atoms with Gasteiger partial charge in [-0.1, -0.05) is 12.8 Å². The van der Waals surface area contributed by atoms with E-state index in [2.05, 4.69) is 11.4 Å². The number of hydrogen-bond donors (Lipinski definition) is 2. The molecule has 1 saturated carbocycles. The molecule has 3 rings (SSSR count). The average Bonchev–Trinajstić information content (AvgIpc) is 2.94. The van der Waals surface area contributed by atoms with Crippen LogP contribution >= 0.6 is 11.3 Å². The van der Waals surface area contributed by atoms with Crippen LogP contribution in [0.4, 0.5) is 0 Å². The Kier molecular flexibility index (Phi) is 3.04. The molecule has 0 radical (unpaired) electrons. The molecule has 0 unspecified atom stereocenters. The molecule has 17 heavy (non-hydrogen) atoms. The lowest BCUT2D eigenvalue weighted by molar-refractivity contribution is 0.476. The summed E-state index contributed by atoms with van der Waals surface area (Å²) >= 11 is 1.77. The topological polar surface area (TPSA) is 32.3 Å². The van der Waals surface area contributed by atoms with Gasteiger partial charge in [0.05, 0.1) is 0 Å². The molecule has 1 aliphatic rings. The minimum Gasteiger partial charge on any atom is -0.508 e. The second-order valence-corrected chi connectivity index (χ2v) is 5.97. The van der Waals surface area contributed by atoms with E-state index in [0.29, 0.717) is 11.8 Å². The monoisotopic (exact) mass is 247 g/mol. The molecule has 90 valence electrons. The molecule has 1 fully saturated rings. The van der Waals surface area contributed by atoms with Crippen molar-refractivity contribution in [2.75, 3.05) is 0 Å². The Bertz CT molecular complexity index is 514. The fourth-order valence-corrected chi connectivity index (χ4v) is 3.59. The molecule has 0 amide bonds. The van der Waals surface area contributed by atoms with Crippen LogP contribution in [-0.2, 0) is 6.54 Å². The van der Waals surface area contributed by atoms with Crippen molar-refractivity contribution < 1.29 is 5.11 Å². The zero-order chi connectivity index (χ0) is 11.7. The Labute approximate surface area is 105 Å². The number of aromatic hydroxyl groups is 1. The molecular formula is C14H17NOS. The van der Waals surface area contributed by atoms with Crippen LogP contribution in [0.25, 0.3) is 10.1 Å². The molecule has 3 heteroatoms. The van der Waals surface area contributed by atoms with Crippen molar-refractivity contribution in [2.45, 2.75) is 38.3 Å². The molecule has 2 nitrogen and oxygen atoms in total. The Morgan fingerprint density at radius 1 is 1.24 bits per heavy atom. The molecule has 0 bridgehead atoms. The van der Waals surface area contributed by atoms with Crippen LogP contribution in [0.3, 0.4) is 0 Å². The highest BCUT2D eigenvalue weighted by Gasteiger charge is 2.14. The van der Waals surface area contributed by atoms with Gasteiger partial charge in [0.15, 0.2) is 0 Å². The van der Waals surface area contributed by atoms with Crippen LogP contribution in [-0.4, -0.2) is 11.1 Å². The Morgan fingerprint density at radius 3 is 2.88 bits per heavy atom. The summed E-state index contributed by atoms with van der Waals surface area (Å²) in [6.45, 7) is 0.963. The van der Waals surface area contributed by atoms with Crippen molar-refractivity contribution in [3.8, 4) is 5.75 Å². The standard InChI is InChI=1S/C14H17NOS/c16-12-6-5-10-7-13(17-14(10)8-12)9-15-11-3-1-2-4-11/h5-8,11,15-16H,1-4,9H2. The van der Waals surface area contributed by atoms with Crippen molar-refractivity contribution in [2.24, 2.45) is 0 Å². The number of phenols is 1. The quantitative estimate of drug-likeness (QED) is 0.868. The summed E-state index contributed by atoms with van der Waals surface area (Å²) < 4.78 is 1.17. The smallest absolute Gasteiger partial charge is 0.117 e. The largest absolute Gasteiger partial charge is 0.508 e. The van der Waals surface area contributed by atoms with E-state index in [4.69, 9.17) is 0 Å². The minimum absolute atomic E-state index is 0.356. The predicted octanol–water partition coefficient (Wildman–Crippen LogP) is 3.64. The lowest BCUT2D eigenvalue weighted by Crippen LogP contribution is -2.24. The first kappa shape index (κ1) is 11.1. The van der Waals surface area contributed by atoms with Crippen molar-refractivity contribution in [3.05, 3.63) is 29.1 Å². The van der Waals surface area contributed by atoms with E-state index < -0.39 is 0 Å². The fraction of sp³-hybridized carbons (Fsp3) is 0.429. The van der Waals surface area contributed by atoms with Gasteiger partial charge in [-0.2, -0.15) is 0 Å². The van der Waals surface area contributed by atoms with E-state index >= 15 is 0 Å². The van der Waals surface area contributed by atoms with Crippen molar-refractivity contribution in [1.29, 1.82) is 0 Å². The molecule has 1 heterocycles. The van der Waals surface area contributed by atoms with Crippen LogP contribution < -0.4 is 5.32 Å². The van der Waals surface area contributed by atoms with Gasteiger partial charge in [-0.15, -0.1) is 11.3 Å². The summed E-state index contributed by atoms with van der Waals surface area (Å²) in [5.41, 5.74) is 0. The van der Waals surface area contributed by atoms with Crippen molar-refractivity contribution >= 4 is 21.4 Å². The van der Waals surface area contributed by atoms with E-state index in [1.165, 1.54) is 40.6 Å². The second kappa shape index (κ2) is 4.67. The lowest BCUT2D eigenvalue weighted by atomic mass is 10.2. The van der Waals surface area contributed by atoms with Gasteiger partial charge in [0.1, 0.15) is 5.75 Å². The summed E-state index contributed by atoms with van der Waals surface area (Å²) in [6, 6.07) is 8.53. The van der Waals surface area contributed by atoms with Gasteiger partial charge in [0, 0.05) is 22.2 Å². The van der Waals surface area contributed by atoms with Gasteiger partial charge in [0.2, 0.25) is 0 Å². The molecule has 1 aliphatic carbocycles. The average molecular weight is 247 g/mol. The molecule has 1 aromatic carbocycles. The molecule has 0 aliphatic heterocycles. The highest BCUT2D eigenvalue weighted by molar-refractivity contribution is 7.19. The van der Waals surface area contributed by atoms with E-state index in [9.17, 15) is 5.11 Å². The molecule has 2 N–H and O–H groups in total. The van der Waals surface area contributed by atoms with Crippen LogP contribution in [0, 0.1) is 0 Å². The Morgan fingerprint density at radius 2 is 2.06 bits per heavy atom. The SMILES string of the molecule is Oc1ccc2cc(CNC3CCCC3)sc2c1. The highest BCUT2D eigenvalue weighted by atomic mass is 32.1. The van der Waals surface area contributed by atoms with Crippen LogP contribution in [0.15, 0.2) is 24.3 Å². The first-order valence-electron chi connectivity index (χ1n) is 6.26. The summed E-state index contributed by atoms with van der Waals surface area (Å²) in [5, 5.41) is 14.3. The number of thiophene rings is 1. The number of fused-ring (bicyclic) bond motifs is 1. The number of rotatable bonds is 3. The normalized spacial score (nSPS) is 16.9. The Balaban J connectivity index is 1.72. The van der Waals surface area contributed by atoms with Crippen LogP contribution in [0.2, 0.25) is 0 Å². The maximum Gasteiger partial charge on any atom is 0.117 e. The number of hydrogen-bond acceptors (Lipinski definition) is 3. The van der Waals surface area contributed by atoms with Crippen LogP contribution in [0.5, 0.6) is 5.75 Å². The summed E-state index contributed by atoms with van der Waals surface area (Å²) in [4.78, 5) is 1.36. The zero-order valence-corrected chi connectivity index (χ0v) is 10.6. The third kappa shape index (κ3) is 2.45. The van der Waals surface area contributed by atoms with Crippen molar-refractivity contribution in [1.82, 2.24) is 5.32 Å². The molecule has 0 atom stereocenters. The molecule has 0 saturated heterocycles. The predicted molar refractivity (Wildman–Crippen MR) is 72.6 cm³/mol. The zero-order valence-electron chi connectivity index (χ0n) is 9.78. The van der Waals surface area contributed by atoms with Crippen LogP contribution in [0.1, 0.15) is 30.6 Å².